The summed E-state index contributed by atoms with van der Waals surface area (Å²) in [6.07, 6.45) is 4.95. The standard InChI is InChI=1S/C61H103N13O13S/c1-11-13-14-15-16-21-49(76)73-24-18-19-40(32-73)53(80)67-44(29-39-22-25-88-34-39)56(83)68-43(26-35(3)4)55(82)70-46(27-36(5)6)59(86)74-33-41(75)30-48(74)60(87)72(10)47(28-37(7)8)58(85)69-45(31-50(77)78)57(84)66-42(20-17-23-65-61(63)64)54(81)71-51(52(62)79)38(9)12-2/h22,25,34-38,40-48,51,75H,11-21,23-24,26-33H2,1-10H3,(H2,62,79)(H,66,84)(H,67,80)(H,68,83)(H,69,85)(H,70,82)(H,71,81)(H,77,78)(H4,63,64,65)/t38-,40-,41+,42-,43+,44-,45-,46-,47-,48-,51-/m0/s1. The number of hydrogen-bond acceptors (Lipinski definition) is 14. The lowest BCUT2D eigenvalue weighted by molar-refractivity contribution is -0.149. The van der Waals surface area contributed by atoms with E-state index in [1.54, 1.807) is 32.6 Å². The summed E-state index contributed by atoms with van der Waals surface area (Å²) in [5.74, 6) is -10.2. The van der Waals surface area contributed by atoms with Crippen LogP contribution in [-0.4, -0.2) is 184 Å². The fourth-order valence-electron chi connectivity index (χ4n) is 11.0. The molecule has 0 aliphatic carbocycles. The fraction of sp³-hybridized carbons (Fsp3) is 0.738. The lowest BCUT2D eigenvalue weighted by atomic mass is 9.95. The third-order valence-electron chi connectivity index (χ3n) is 16.0. The van der Waals surface area contributed by atoms with E-state index in [9.17, 15) is 63.0 Å². The zero-order valence-corrected chi connectivity index (χ0v) is 54.3. The number of likely N-dealkylation sites (N-methyl/N-ethyl adjacent to an activating group) is 1. The number of carboxylic acid groups (broad SMARTS) is 1. The Kier molecular flexibility index (Phi) is 32.4. The van der Waals surface area contributed by atoms with E-state index in [2.05, 4.69) is 43.8 Å². The smallest absolute Gasteiger partial charge is 0.305 e. The van der Waals surface area contributed by atoms with E-state index >= 15 is 0 Å². The largest absolute Gasteiger partial charge is 0.481 e. The Hall–Kier alpha value is -6.90. The van der Waals surface area contributed by atoms with Crippen LogP contribution in [0.25, 0.3) is 0 Å². The molecule has 2 saturated heterocycles. The van der Waals surface area contributed by atoms with E-state index in [1.165, 1.54) is 18.4 Å². The lowest BCUT2D eigenvalue weighted by Crippen LogP contribution is -2.61. The summed E-state index contributed by atoms with van der Waals surface area (Å²) < 4.78 is 0. The van der Waals surface area contributed by atoms with Gasteiger partial charge in [0, 0.05) is 52.5 Å². The highest BCUT2D eigenvalue weighted by molar-refractivity contribution is 7.07. The molecule has 88 heavy (non-hydrogen) atoms. The number of carboxylic acids is 1. The molecule has 14 N–H and O–H groups in total. The SMILES string of the molecule is CCCCCCCC(=O)N1CCC[C@H](C(=O)N[C@@H](Cc2ccsc2)C(=O)N[C@H](CC(C)C)C(=O)N[C@@H](CC(C)C)C(=O)N2C[C@H](O)C[C@H]2C(=O)N(C)[C@@H](CC(C)C)C(=O)N[C@@H](CC(=O)O)C(=O)N[C@@H](CCCN=C(N)N)C(=O)N[C@H](C(N)=O)[C@@H](C)CC)C1. The van der Waals surface area contributed by atoms with E-state index in [1.807, 2.05) is 44.5 Å². The summed E-state index contributed by atoms with van der Waals surface area (Å²) >= 11 is 1.42. The van der Waals surface area contributed by atoms with Gasteiger partial charge in [-0.15, -0.1) is 0 Å². The summed E-state index contributed by atoms with van der Waals surface area (Å²) in [7, 11) is 1.31. The highest BCUT2D eigenvalue weighted by Crippen LogP contribution is 2.26. The number of aliphatic imine (C=N–C) groups is 1. The Morgan fingerprint density at radius 1 is 0.716 bits per heavy atom. The topological polar surface area (TPSA) is 401 Å². The van der Waals surface area contributed by atoms with Crippen molar-refractivity contribution < 1.29 is 63.0 Å². The number of aliphatic hydroxyl groups is 1. The van der Waals surface area contributed by atoms with E-state index < -0.39 is 126 Å². The van der Waals surface area contributed by atoms with Crippen LogP contribution < -0.4 is 49.1 Å². The molecule has 0 saturated carbocycles. The van der Waals surface area contributed by atoms with Gasteiger partial charge in [-0.3, -0.25) is 57.7 Å². The van der Waals surface area contributed by atoms with E-state index in [-0.39, 0.29) is 100 Å². The van der Waals surface area contributed by atoms with Crippen LogP contribution in [0.2, 0.25) is 0 Å². The first-order chi connectivity index (χ1) is 41.5. The number of aliphatic hydroxyl groups excluding tert-OH is 1. The van der Waals surface area contributed by atoms with E-state index in [4.69, 9.17) is 17.2 Å². The quantitative estimate of drug-likeness (QED) is 0.0255. The summed E-state index contributed by atoms with van der Waals surface area (Å²) in [6, 6.07) is -8.82. The third-order valence-corrected chi connectivity index (χ3v) is 16.8. The third kappa shape index (κ3) is 25.3. The molecular weight excluding hydrogens is 1150 g/mol. The number of aliphatic carboxylic acids is 1. The molecular formula is C61H103N13O13S. The van der Waals surface area contributed by atoms with Gasteiger partial charge in [0.15, 0.2) is 5.96 Å². The van der Waals surface area contributed by atoms with Crippen LogP contribution in [0.5, 0.6) is 0 Å². The van der Waals surface area contributed by atoms with Crippen LogP contribution in [0, 0.1) is 29.6 Å². The Balaban J connectivity index is 1.89. The Morgan fingerprint density at radius 2 is 1.31 bits per heavy atom. The number of carbonyl (C=O) groups is 11. The monoisotopic (exact) mass is 1260 g/mol. The minimum atomic E-state index is -1.81. The van der Waals surface area contributed by atoms with Crippen LogP contribution in [-0.2, 0) is 59.2 Å². The Bertz CT molecular complexity index is 2510. The number of nitrogens with one attached hydrogen (secondary N) is 6. The van der Waals surface area contributed by atoms with Crippen LogP contribution in [0.4, 0.5) is 0 Å². The number of hydrogen-bond donors (Lipinski definition) is 11. The summed E-state index contributed by atoms with van der Waals surface area (Å²) in [6.45, 7) is 17.0. The maximum Gasteiger partial charge on any atom is 0.305 e. The van der Waals surface area contributed by atoms with Crippen LogP contribution in [0.15, 0.2) is 21.8 Å². The molecule has 3 rings (SSSR count). The molecule has 10 amide bonds. The molecule has 0 unspecified atom stereocenters. The van der Waals surface area contributed by atoms with Crippen molar-refractivity contribution in [1.29, 1.82) is 0 Å². The average molecular weight is 1260 g/mol. The van der Waals surface area contributed by atoms with Gasteiger partial charge in [0.2, 0.25) is 59.1 Å². The minimum Gasteiger partial charge on any atom is -0.481 e. The molecule has 2 aliphatic heterocycles. The van der Waals surface area contributed by atoms with E-state index in [0.29, 0.717) is 32.2 Å². The molecule has 0 bridgehead atoms. The Labute approximate surface area is 523 Å². The first-order valence-corrected chi connectivity index (χ1v) is 32.3. The summed E-state index contributed by atoms with van der Waals surface area (Å²) in [5.41, 5.74) is 17.3. The van der Waals surface area contributed by atoms with Gasteiger partial charge in [0.25, 0.3) is 0 Å². The van der Waals surface area contributed by atoms with Crippen molar-refractivity contribution in [3.63, 3.8) is 0 Å². The highest BCUT2D eigenvalue weighted by atomic mass is 32.1. The van der Waals surface area contributed by atoms with Gasteiger partial charge in [-0.1, -0.05) is 94.4 Å². The second-order valence-electron chi connectivity index (χ2n) is 25.1. The molecule has 11 atom stereocenters. The predicted octanol–water partition coefficient (Wildman–Crippen LogP) is 1.79. The maximum atomic E-state index is 14.9. The zero-order chi connectivity index (χ0) is 65.9. The lowest BCUT2D eigenvalue weighted by Gasteiger charge is -2.35. The molecule has 26 nitrogen and oxygen atoms in total. The van der Waals surface area contributed by atoms with Crippen molar-refractivity contribution in [3.8, 4) is 0 Å². The van der Waals surface area contributed by atoms with Crippen LogP contribution >= 0.6 is 11.3 Å². The first-order valence-electron chi connectivity index (χ1n) is 31.4. The average Bonchev–Trinajstić information content (AvgIpc) is 1.97. The van der Waals surface area contributed by atoms with Crippen LogP contribution in [0.1, 0.15) is 171 Å². The van der Waals surface area contributed by atoms with Gasteiger partial charge in [-0.05, 0) is 97.4 Å². The van der Waals surface area contributed by atoms with Gasteiger partial charge >= 0.3 is 5.97 Å². The molecule has 0 aromatic carbocycles. The predicted molar refractivity (Wildman–Crippen MR) is 334 cm³/mol. The normalized spacial score (nSPS) is 18.6. The number of likely N-dealkylation sites (tertiary alicyclic amines) is 2. The second-order valence-corrected chi connectivity index (χ2v) is 25.8. The molecule has 0 radical (unpaired) electrons. The zero-order valence-electron chi connectivity index (χ0n) is 53.5. The number of β-amino-alcohol motifs (C(OH)–C–C–N with tert-alkyl or cyclic N) is 1. The number of piperidine rings is 1. The number of rotatable bonds is 38. The highest BCUT2D eigenvalue weighted by Gasteiger charge is 2.46. The van der Waals surface area contributed by atoms with Gasteiger partial charge < -0.3 is 74.0 Å². The first kappa shape index (κ1) is 75.4. The fourth-order valence-corrected chi connectivity index (χ4v) is 11.7. The summed E-state index contributed by atoms with van der Waals surface area (Å²) in [5, 5.41) is 41.0. The molecule has 2 aliphatic rings. The van der Waals surface area contributed by atoms with Gasteiger partial charge in [0.05, 0.1) is 18.4 Å². The number of carbonyl (C=O) groups excluding carboxylic acids is 10. The molecule has 2 fully saturated rings. The number of nitrogens with two attached hydrogens (primary N) is 3. The van der Waals surface area contributed by atoms with Crippen molar-refractivity contribution in [1.82, 2.24) is 46.6 Å². The molecule has 496 valence electrons. The molecule has 1 aromatic rings. The number of amides is 10. The van der Waals surface area contributed by atoms with Gasteiger partial charge in [-0.25, -0.2) is 0 Å². The number of thiophene rings is 1. The molecule has 0 spiro atoms. The van der Waals surface area contributed by atoms with Crippen molar-refractivity contribution in [2.75, 3.05) is 33.2 Å². The number of guanidine groups is 1. The number of primary amides is 1. The molecule has 1 aromatic heterocycles. The van der Waals surface area contributed by atoms with E-state index in [0.717, 1.165) is 47.5 Å². The number of nitrogens with zero attached hydrogens (tertiary/aromatic N) is 4. The Morgan fingerprint density at radius 3 is 1.90 bits per heavy atom. The summed E-state index contributed by atoms with van der Waals surface area (Å²) in [4.78, 5) is 161. The van der Waals surface area contributed by atoms with Crippen molar-refractivity contribution in [2.45, 2.75) is 226 Å². The van der Waals surface area contributed by atoms with Crippen molar-refractivity contribution in [3.05, 3.63) is 22.4 Å². The van der Waals surface area contributed by atoms with Crippen LogP contribution in [0.3, 0.4) is 0 Å². The molecule has 3 heterocycles. The second kappa shape index (κ2) is 37.8. The maximum absolute atomic E-state index is 14.9. The van der Waals surface area contributed by atoms with Crippen molar-refractivity contribution in [2.24, 2.45) is 51.8 Å². The van der Waals surface area contributed by atoms with Gasteiger partial charge in [-0.2, -0.15) is 11.3 Å². The minimum absolute atomic E-state index is 0.00455. The van der Waals surface area contributed by atoms with Gasteiger partial charge in [0.1, 0.15) is 48.3 Å². The van der Waals surface area contributed by atoms with Crippen molar-refractivity contribution >= 4 is 82.3 Å². The molecule has 27 heteroatoms. The number of unbranched alkanes of at least 4 members (excludes halogenated alkanes) is 4.